The lowest BCUT2D eigenvalue weighted by molar-refractivity contribution is -0.137. The molecule has 9 heteroatoms. The summed E-state index contributed by atoms with van der Waals surface area (Å²) in [5.74, 6) is -1.27. The van der Waals surface area contributed by atoms with E-state index in [1.807, 2.05) is 24.3 Å². The van der Waals surface area contributed by atoms with Crippen LogP contribution in [0.3, 0.4) is 0 Å². The van der Waals surface area contributed by atoms with Gasteiger partial charge in [-0.25, -0.2) is 9.40 Å². The summed E-state index contributed by atoms with van der Waals surface area (Å²) in [6.07, 6.45) is -2.50. The van der Waals surface area contributed by atoms with E-state index in [1.165, 1.54) is 11.9 Å². The zero-order valence-electron chi connectivity index (χ0n) is 16.7. The Kier molecular flexibility index (Phi) is 5.59. The van der Waals surface area contributed by atoms with E-state index in [-0.39, 0.29) is 22.4 Å². The third kappa shape index (κ3) is 3.63. The first kappa shape index (κ1) is 21.8. The van der Waals surface area contributed by atoms with Crippen LogP contribution in [0.15, 0.2) is 47.6 Å². The Morgan fingerprint density at radius 1 is 1.29 bits per heavy atom. The first-order chi connectivity index (χ1) is 14.7. The standard InChI is InChI=1S/C22H21F4N3OS/c1-13(30)29-21(15(10-11-27)7-6-14-4-2-3-5-18(14)21)31-20(28-29)17-12-16(22(24,25)26)8-9-19(17)23/h2-5,8-9,12,15H,6-7,10-11,27H2,1H3/t15-,21-/m1/s1. The van der Waals surface area contributed by atoms with E-state index in [2.05, 4.69) is 5.10 Å². The highest BCUT2D eigenvalue weighted by Crippen LogP contribution is 2.57. The molecule has 1 heterocycles. The number of hydrazone groups is 1. The third-order valence-electron chi connectivity index (χ3n) is 5.81. The van der Waals surface area contributed by atoms with E-state index >= 15 is 0 Å². The molecule has 0 saturated heterocycles. The van der Waals surface area contributed by atoms with Gasteiger partial charge in [-0.2, -0.15) is 18.3 Å². The van der Waals surface area contributed by atoms with Crippen LogP contribution in [-0.2, 0) is 22.3 Å². The maximum Gasteiger partial charge on any atom is 0.416 e. The second-order valence-corrected chi connectivity index (χ2v) is 8.91. The molecule has 1 amide bonds. The minimum absolute atomic E-state index is 0.0533. The summed E-state index contributed by atoms with van der Waals surface area (Å²) in [7, 11) is 0. The Bertz CT molecular complexity index is 1060. The third-order valence-corrected chi connectivity index (χ3v) is 7.35. The number of alkyl halides is 3. The number of benzene rings is 2. The molecule has 164 valence electrons. The summed E-state index contributed by atoms with van der Waals surface area (Å²) in [4.78, 5) is 11.7. The predicted octanol–water partition coefficient (Wildman–Crippen LogP) is 4.87. The number of nitrogens with zero attached hydrogens (tertiary/aromatic N) is 2. The summed E-state index contributed by atoms with van der Waals surface area (Å²) >= 11 is 1.14. The second-order valence-electron chi connectivity index (χ2n) is 7.70. The van der Waals surface area contributed by atoms with E-state index < -0.39 is 22.4 Å². The zero-order chi connectivity index (χ0) is 22.4. The van der Waals surface area contributed by atoms with Crippen molar-refractivity contribution in [3.8, 4) is 0 Å². The van der Waals surface area contributed by atoms with Crippen molar-refractivity contribution in [2.24, 2.45) is 16.8 Å². The number of amides is 1. The quantitative estimate of drug-likeness (QED) is 0.678. The van der Waals surface area contributed by atoms with Gasteiger partial charge in [-0.1, -0.05) is 36.0 Å². The van der Waals surface area contributed by atoms with Crippen LogP contribution in [0.4, 0.5) is 17.6 Å². The van der Waals surface area contributed by atoms with E-state index in [0.717, 1.165) is 47.9 Å². The highest BCUT2D eigenvalue weighted by molar-refractivity contribution is 8.15. The van der Waals surface area contributed by atoms with Gasteiger partial charge in [0.1, 0.15) is 15.7 Å². The van der Waals surface area contributed by atoms with Gasteiger partial charge in [0.15, 0.2) is 0 Å². The molecule has 0 bridgehead atoms. The number of carbonyl (C=O) groups is 1. The van der Waals surface area contributed by atoms with Crippen molar-refractivity contribution in [1.29, 1.82) is 0 Å². The van der Waals surface area contributed by atoms with Crippen LogP contribution in [0.1, 0.15) is 42.0 Å². The number of hydrogen-bond donors (Lipinski definition) is 1. The van der Waals surface area contributed by atoms with Gasteiger partial charge >= 0.3 is 6.18 Å². The topological polar surface area (TPSA) is 58.7 Å². The van der Waals surface area contributed by atoms with Crippen LogP contribution in [0.5, 0.6) is 0 Å². The first-order valence-electron chi connectivity index (χ1n) is 9.92. The van der Waals surface area contributed by atoms with Crippen LogP contribution in [-0.4, -0.2) is 22.5 Å². The van der Waals surface area contributed by atoms with Gasteiger partial charge in [-0.15, -0.1) is 0 Å². The predicted molar refractivity (Wildman–Crippen MR) is 112 cm³/mol. The fraction of sp³-hybridized carbons (Fsp3) is 0.364. The number of thioether (sulfide) groups is 1. The fourth-order valence-electron chi connectivity index (χ4n) is 4.45. The van der Waals surface area contributed by atoms with Crippen molar-refractivity contribution >= 4 is 22.7 Å². The van der Waals surface area contributed by atoms with Gasteiger partial charge in [0.2, 0.25) is 5.91 Å². The molecule has 1 spiro atoms. The monoisotopic (exact) mass is 451 g/mol. The Morgan fingerprint density at radius 2 is 2.03 bits per heavy atom. The molecule has 2 aliphatic rings. The van der Waals surface area contributed by atoms with Crippen LogP contribution >= 0.6 is 11.8 Å². The molecule has 2 atom stereocenters. The molecule has 2 aromatic rings. The number of carbonyl (C=O) groups excluding carboxylic acids is 1. The molecule has 1 aliphatic heterocycles. The largest absolute Gasteiger partial charge is 0.416 e. The summed E-state index contributed by atoms with van der Waals surface area (Å²) < 4.78 is 54.4. The van der Waals surface area contributed by atoms with Crippen LogP contribution in [0.2, 0.25) is 0 Å². The molecule has 0 aromatic heterocycles. The van der Waals surface area contributed by atoms with Gasteiger partial charge < -0.3 is 5.73 Å². The molecule has 0 fully saturated rings. The second kappa shape index (κ2) is 7.94. The lowest BCUT2D eigenvalue weighted by Crippen LogP contribution is -2.49. The van der Waals surface area contributed by atoms with Crippen molar-refractivity contribution in [3.63, 3.8) is 0 Å². The highest BCUT2D eigenvalue weighted by Gasteiger charge is 2.55. The van der Waals surface area contributed by atoms with Crippen LogP contribution in [0.25, 0.3) is 0 Å². The van der Waals surface area contributed by atoms with Crippen molar-refractivity contribution in [2.75, 3.05) is 6.54 Å². The van der Waals surface area contributed by atoms with E-state index in [1.54, 1.807) is 0 Å². The molecule has 2 N–H and O–H groups in total. The average Bonchev–Trinajstić information content (AvgIpc) is 3.11. The molecule has 2 aromatic carbocycles. The van der Waals surface area contributed by atoms with Gasteiger partial charge in [0.25, 0.3) is 0 Å². The van der Waals surface area contributed by atoms with Gasteiger partial charge in [-0.05, 0) is 61.1 Å². The number of hydrogen-bond acceptors (Lipinski definition) is 4. The van der Waals surface area contributed by atoms with Gasteiger partial charge in [0.05, 0.1) is 5.56 Å². The molecule has 0 saturated carbocycles. The Hall–Kier alpha value is -2.39. The molecular formula is C22H21F4N3OS. The summed E-state index contributed by atoms with van der Waals surface area (Å²) in [5, 5.41) is 5.73. The lowest BCUT2D eigenvalue weighted by atomic mass is 9.77. The van der Waals surface area contributed by atoms with Crippen molar-refractivity contribution in [3.05, 3.63) is 70.5 Å². The molecule has 4 nitrogen and oxygen atoms in total. The number of nitrogens with two attached hydrogens (primary N) is 1. The normalized spacial score (nSPS) is 23.1. The number of rotatable bonds is 3. The first-order valence-corrected chi connectivity index (χ1v) is 10.7. The zero-order valence-corrected chi connectivity index (χ0v) is 17.6. The minimum Gasteiger partial charge on any atom is -0.330 e. The summed E-state index contributed by atoms with van der Waals surface area (Å²) in [5.41, 5.74) is 6.52. The molecule has 4 rings (SSSR count). The van der Waals surface area contributed by atoms with Crippen LogP contribution < -0.4 is 5.73 Å². The van der Waals surface area contributed by atoms with Crippen molar-refractivity contribution < 1.29 is 22.4 Å². The van der Waals surface area contributed by atoms with E-state index in [0.29, 0.717) is 19.0 Å². The van der Waals surface area contributed by atoms with Crippen molar-refractivity contribution in [2.45, 2.75) is 37.2 Å². The van der Waals surface area contributed by atoms with E-state index in [4.69, 9.17) is 5.73 Å². The smallest absolute Gasteiger partial charge is 0.330 e. The van der Waals surface area contributed by atoms with Crippen LogP contribution in [0, 0.1) is 11.7 Å². The Morgan fingerprint density at radius 3 is 2.71 bits per heavy atom. The summed E-state index contributed by atoms with van der Waals surface area (Å²) in [6, 6.07) is 9.88. The maximum atomic E-state index is 14.6. The SMILES string of the molecule is CC(=O)N1N=C(c2cc(C(F)(F)F)ccc2F)S[C@]12c1ccccc1CC[C@@H]2CCN. The molecule has 31 heavy (non-hydrogen) atoms. The number of fused-ring (bicyclic) bond motifs is 2. The van der Waals surface area contributed by atoms with Crippen molar-refractivity contribution in [1.82, 2.24) is 5.01 Å². The molecule has 0 radical (unpaired) electrons. The molecule has 1 aliphatic carbocycles. The number of aryl methyl sites for hydroxylation is 1. The van der Waals surface area contributed by atoms with Gasteiger partial charge in [0, 0.05) is 12.5 Å². The maximum absolute atomic E-state index is 14.6. The van der Waals surface area contributed by atoms with Gasteiger partial charge in [-0.3, -0.25) is 4.79 Å². The number of halogens is 4. The van der Waals surface area contributed by atoms with E-state index in [9.17, 15) is 22.4 Å². The fourth-order valence-corrected chi connectivity index (χ4v) is 6.11. The average molecular weight is 451 g/mol. The minimum atomic E-state index is -4.62. The lowest BCUT2D eigenvalue weighted by Gasteiger charge is -2.45. The summed E-state index contributed by atoms with van der Waals surface area (Å²) in [6.45, 7) is 1.74. The molecular weight excluding hydrogens is 430 g/mol. The Balaban J connectivity index is 1.88. The molecule has 0 unspecified atom stereocenters. The highest BCUT2D eigenvalue weighted by atomic mass is 32.2. The Labute approximate surface area is 181 Å².